The van der Waals surface area contributed by atoms with Gasteiger partial charge in [0.05, 0.1) is 23.1 Å². The van der Waals surface area contributed by atoms with Crippen molar-refractivity contribution in [3.8, 4) is 0 Å². The number of amides is 3. The van der Waals surface area contributed by atoms with E-state index in [2.05, 4.69) is 27.3 Å². The first kappa shape index (κ1) is 23.5. The number of halogens is 1. The molecule has 1 heterocycles. The predicted molar refractivity (Wildman–Crippen MR) is 134 cm³/mol. The van der Waals surface area contributed by atoms with Crippen molar-refractivity contribution in [2.45, 2.75) is 27.2 Å². The Labute approximate surface area is 211 Å². The van der Waals surface area contributed by atoms with Crippen LogP contribution >= 0.6 is 15.9 Å². The lowest BCUT2D eigenvalue weighted by Crippen LogP contribution is -2.33. The van der Waals surface area contributed by atoms with Crippen LogP contribution in [0.1, 0.15) is 34.8 Å². The van der Waals surface area contributed by atoms with Gasteiger partial charge in [0.2, 0.25) is 11.8 Å². The number of imide groups is 1. The van der Waals surface area contributed by atoms with Gasteiger partial charge in [-0.05, 0) is 80.5 Å². The monoisotopic (exact) mass is 536 g/mol. The van der Waals surface area contributed by atoms with E-state index in [-0.39, 0.29) is 41.0 Å². The topological polar surface area (TPSA) is 92.8 Å². The Hall–Kier alpha value is -3.26. The van der Waals surface area contributed by atoms with E-state index in [1.165, 1.54) is 22.6 Å². The van der Waals surface area contributed by atoms with Crippen LogP contribution in [-0.4, -0.2) is 30.3 Å². The molecule has 0 spiro atoms. The molecule has 7 nitrogen and oxygen atoms in total. The maximum atomic E-state index is 13.2. The summed E-state index contributed by atoms with van der Waals surface area (Å²) >= 11 is 3.45. The van der Waals surface area contributed by atoms with Crippen molar-refractivity contribution < 1.29 is 23.9 Å². The number of hydrogen-bond donors (Lipinski definition) is 1. The van der Waals surface area contributed by atoms with Crippen molar-refractivity contribution in [2.24, 2.45) is 23.7 Å². The number of nitrogens with one attached hydrogen (secondary N) is 1. The first-order valence-corrected chi connectivity index (χ1v) is 12.3. The highest BCUT2D eigenvalue weighted by molar-refractivity contribution is 9.10. The van der Waals surface area contributed by atoms with Gasteiger partial charge in [-0.15, -0.1) is 0 Å². The van der Waals surface area contributed by atoms with Crippen LogP contribution in [0, 0.1) is 37.5 Å². The standard InChI is InChI=1S/C27H25BrN2O5/c1-13-7-17-11-19(13)24-23(17)25(32)30(26(24)33)18-6-4-5-16(10-18)27(34)35-12-22(31)29-21-9-14(2)20(28)8-15(21)3/h4-10,17,19,23-24H,11-12H2,1-3H3,(H,29,31)/t17-,19+,23+,24-/m0/s1. The SMILES string of the molecule is CC1=C[C@H]2C[C@H]1[C@@H]1C(=O)N(c3cccc(C(=O)OCC(=O)Nc4cc(C)c(Br)cc4C)c3)C(=O)[C@@H]12. The van der Waals surface area contributed by atoms with Crippen LogP contribution in [-0.2, 0) is 19.1 Å². The lowest BCUT2D eigenvalue weighted by Gasteiger charge is -2.19. The highest BCUT2D eigenvalue weighted by Crippen LogP contribution is 2.55. The Bertz CT molecular complexity index is 1320. The number of benzene rings is 2. The van der Waals surface area contributed by atoms with Crippen molar-refractivity contribution in [3.05, 3.63) is 69.2 Å². The van der Waals surface area contributed by atoms with Crippen molar-refractivity contribution in [3.63, 3.8) is 0 Å². The van der Waals surface area contributed by atoms with Crippen LogP contribution in [0.15, 0.2) is 52.5 Å². The molecule has 0 aromatic heterocycles. The van der Waals surface area contributed by atoms with E-state index >= 15 is 0 Å². The number of esters is 1. The highest BCUT2D eigenvalue weighted by Gasteiger charge is 2.60. The number of anilines is 2. The molecule has 0 radical (unpaired) electrons. The molecular weight excluding hydrogens is 512 g/mol. The molecule has 1 N–H and O–H groups in total. The van der Waals surface area contributed by atoms with E-state index < -0.39 is 18.5 Å². The number of aryl methyl sites for hydroxylation is 2. The second-order valence-electron chi connectivity index (χ2n) is 9.57. The van der Waals surface area contributed by atoms with Gasteiger partial charge in [0.15, 0.2) is 6.61 Å². The Morgan fingerprint density at radius 2 is 1.80 bits per heavy atom. The van der Waals surface area contributed by atoms with Crippen LogP contribution in [0.5, 0.6) is 0 Å². The average molecular weight is 537 g/mol. The summed E-state index contributed by atoms with van der Waals surface area (Å²) in [6.07, 6.45) is 2.98. The number of ether oxygens (including phenoxy) is 1. The van der Waals surface area contributed by atoms with Gasteiger partial charge in [0, 0.05) is 10.2 Å². The summed E-state index contributed by atoms with van der Waals surface area (Å²) in [7, 11) is 0. The van der Waals surface area contributed by atoms with Crippen LogP contribution in [0.2, 0.25) is 0 Å². The maximum Gasteiger partial charge on any atom is 0.338 e. The number of rotatable bonds is 5. The summed E-state index contributed by atoms with van der Waals surface area (Å²) < 4.78 is 6.14. The van der Waals surface area contributed by atoms with Gasteiger partial charge in [0.25, 0.3) is 5.91 Å². The zero-order chi connectivity index (χ0) is 25.0. The fourth-order valence-corrected chi connectivity index (χ4v) is 6.07. The van der Waals surface area contributed by atoms with E-state index in [1.807, 2.05) is 32.9 Å². The van der Waals surface area contributed by atoms with Crippen molar-refractivity contribution in [2.75, 3.05) is 16.8 Å². The summed E-state index contributed by atoms with van der Waals surface area (Å²) in [4.78, 5) is 52.5. The lowest BCUT2D eigenvalue weighted by atomic mass is 9.82. The van der Waals surface area contributed by atoms with Gasteiger partial charge in [-0.25, -0.2) is 9.69 Å². The Morgan fingerprint density at radius 1 is 1.06 bits per heavy atom. The minimum Gasteiger partial charge on any atom is -0.452 e. The molecule has 35 heavy (non-hydrogen) atoms. The fourth-order valence-electron chi connectivity index (χ4n) is 5.62. The average Bonchev–Trinajstić information content (AvgIpc) is 3.46. The van der Waals surface area contributed by atoms with Gasteiger partial charge >= 0.3 is 5.97 Å². The second-order valence-corrected chi connectivity index (χ2v) is 10.4. The first-order valence-electron chi connectivity index (χ1n) is 11.6. The van der Waals surface area contributed by atoms with Gasteiger partial charge in [0.1, 0.15) is 0 Å². The smallest absolute Gasteiger partial charge is 0.338 e. The van der Waals surface area contributed by atoms with E-state index in [0.29, 0.717) is 11.4 Å². The molecule has 3 aliphatic rings. The van der Waals surface area contributed by atoms with Crippen LogP contribution in [0.25, 0.3) is 0 Å². The fraction of sp³-hybridized carbons (Fsp3) is 0.333. The number of carbonyl (C=O) groups excluding carboxylic acids is 4. The quantitative estimate of drug-likeness (QED) is 0.343. The third-order valence-electron chi connectivity index (χ3n) is 7.33. The van der Waals surface area contributed by atoms with Gasteiger partial charge in [-0.1, -0.05) is 33.6 Å². The van der Waals surface area contributed by atoms with Crippen LogP contribution < -0.4 is 10.2 Å². The van der Waals surface area contributed by atoms with Crippen LogP contribution in [0.4, 0.5) is 11.4 Å². The van der Waals surface area contributed by atoms with E-state index in [0.717, 1.165) is 22.0 Å². The molecule has 2 aliphatic carbocycles. The minimum absolute atomic E-state index is 0.108. The van der Waals surface area contributed by atoms with Crippen molar-refractivity contribution in [1.29, 1.82) is 0 Å². The summed E-state index contributed by atoms with van der Waals surface area (Å²) in [5, 5.41) is 2.75. The van der Waals surface area contributed by atoms with Gasteiger partial charge in [-0.2, -0.15) is 0 Å². The zero-order valence-electron chi connectivity index (χ0n) is 19.6. The number of fused-ring (bicyclic) bond motifs is 5. The number of hydrogen-bond acceptors (Lipinski definition) is 5. The third-order valence-corrected chi connectivity index (χ3v) is 8.19. The molecule has 180 valence electrons. The normalized spacial score (nSPS) is 24.5. The summed E-state index contributed by atoms with van der Waals surface area (Å²) in [6, 6.07) is 9.99. The van der Waals surface area contributed by atoms with Crippen molar-refractivity contribution in [1.82, 2.24) is 0 Å². The molecule has 2 fully saturated rings. The lowest BCUT2D eigenvalue weighted by molar-refractivity contribution is -0.123. The minimum atomic E-state index is -0.706. The second kappa shape index (κ2) is 8.75. The third kappa shape index (κ3) is 3.99. The number of nitrogens with zero attached hydrogens (tertiary/aromatic N) is 1. The van der Waals surface area contributed by atoms with Gasteiger partial charge < -0.3 is 10.1 Å². The van der Waals surface area contributed by atoms with E-state index in [4.69, 9.17) is 4.74 Å². The van der Waals surface area contributed by atoms with Crippen LogP contribution in [0.3, 0.4) is 0 Å². The molecular formula is C27H25BrN2O5. The Balaban J connectivity index is 1.25. The molecule has 1 aliphatic heterocycles. The van der Waals surface area contributed by atoms with Gasteiger partial charge in [-0.3, -0.25) is 14.4 Å². The molecule has 2 bridgehead atoms. The predicted octanol–water partition coefficient (Wildman–Crippen LogP) is 4.56. The number of allylic oxidation sites excluding steroid dienone is 2. The molecule has 2 aromatic carbocycles. The summed E-state index contributed by atoms with van der Waals surface area (Å²) in [5.74, 6) is -1.99. The zero-order valence-corrected chi connectivity index (χ0v) is 21.2. The van der Waals surface area contributed by atoms with Crippen molar-refractivity contribution >= 4 is 51.0 Å². The molecule has 5 rings (SSSR count). The maximum absolute atomic E-state index is 13.2. The highest BCUT2D eigenvalue weighted by atomic mass is 79.9. The Morgan fingerprint density at radius 3 is 2.57 bits per heavy atom. The summed E-state index contributed by atoms with van der Waals surface area (Å²) in [6.45, 7) is 5.35. The molecule has 8 heteroatoms. The van der Waals surface area contributed by atoms with E-state index in [1.54, 1.807) is 12.1 Å². The summed E-state index contributed by atoms with van der Waals surface area (Å²) in [5.41, 5.74) is 4.19. The molecule has 4 atom stereocenters. The molecule has 2 aromatic rings. The number of carbonyl (C=O) groups is 4. The molecule has 1 saturated heterocycles. The molecule has 1 saturated carbocycles. The molecule has 3 amide bonds. The first-order chi connectivity index (χ1) is 16.7. The molecule has 0 unspecified atom stereocenters. The largest absolute Gasteiger partial charge is 0.452 e. The Kier molecular flexibility index (Phi) is 5.87. The van der Waals surface area contributed by atoms with E-state index in [9.17, 15) is 19.2 Å².